The van der Waals surface area contributed by atoms with Crippen molar-refractivity contribution < 1.29 is 4.74 Å². The summed E-state index contributed by atoms with van der Waals surface area (Å²) < 4.78 is 5.56. The second-order valence-electron chi connectivity index (χ2n) is 4.15. The van der Waals surface area contributed by atoms with Crippen molar-refractivity contribution in [2.45, 2.75) is 26.4 Å². The van der Waals surface area contributed by atoms with Crippen LogP contribution in [0.3, 0.4) is 0 Å². The van der Waals surface area contributed by atoms with E-state index in [9.17, 15) is 0 Å². The van der Waals surface area contributed by atoms with Crippen LogP contribution < -0.4 is 5.73 Å². The molecule has 2 N–H and O–H groups in total. The number of benzene rings is 1. The molecule has 0 unspecified atom stereocenters. The Morgan fingerprint density at radius 1 is 1.28 bits per heavy atom. The summed E-state index contributed by atoms with van der Waals surface area (Å²) in [5, 5.41) is 3.09. The minimum Gasteiger partial charge on any atom is -0.399 e. The third-order valence-corrected chi connectivity index (χ3v) is 3.45. The Kier molecular flexibility index (Phi) is 4.73. The van der Waals surface area contributed by atoms with Gasteiger partial charge in [-0.05, 0) is 18.6 Å². The lowest BCUT2D eigenvalue weighted by atomic mass is 10.1. The van der Waals surface area contributed by atoms with E-state index >= 15 is 0 Å². The van der Waals surface area contributed by atoms with Crippen LogP contribution in [0.25, 0.3) is 11.3 Å². The Morgan fingerprint density at radius 2 is 2.06 bits per heavy atom. The van der Waals surface area contributed by atoms with Gasteiger partial charge in [0.05, 0.1) is 12.3 Å². The van der Waals surface area contributed by atoms with Crippen LogP contribution in [0.4, 0.5) is 5.69 Å². The summed E-state index contributed by atoms with van der Waals surface area (Å²) in [4.78, 5) is 4.56. The van der Waals surface area contributed by atoms with Crippen LogP contribution in [0.15, 0.2) is 29.6 Å². The summed E-state index contributed by atoms with van der Waals surface area (Å²) in [5.74, 6) is 0. The Balaban J connectivity index is 1.95. The van der Waals surface area contributed by atoms with Crippen molar-refractivity contribution in [1.82, 2.24) is 4.98 Å². The molecule has 4 heteroatoms. The van der Waals surface area contributed by atoms with Gasteiger partial charge in [0, 0.05) is 23.2 Å². The van der Waals surface area contributed by atoms with Gasteiger partial charge in [-0.2, -0.15) is 0 Å². The highest BCUT2D eigenvalue weighted by Crippen LogP contribution is 2.23. The van der Waals surface area contributed by atoms with Gasteiger partial charge < -0.3 is 10.5 Å². The van der Waals surface area contributed by atoms with Crippen molar-refractivity contribution in [2.24, 2.45) is 0 Å². The summed E-state index contributed by atoms with van der Waals surface area (Å²) in [6, 6.07) is 7.77. The average molecular weight is 262 g/mol. The topological polar surface area (TPSA) is 48.1 Å². The van der Waals surface area contributed by atoms with E-state index in [1.54, 1.807) is 11.3 Å². The Hall–Kier alpha value is -1.39. The molecule has 1 aromatic heterocycles. The smallest absolute Gasteiger partial charge is 0.119 e. The van der Waals surface area contributed by atoms with Gasteiger partial charge in [-0.25, -0.2) is 4.98 Å². The molecule has 96 valence electrons. The van der Waals surface area contributed by atoms with Crippen LogP contribution in [0.2, 0.25) is 0 Å². The van der Waals surface area contributed by atoms with Gasteiger partial charge in [-0.3, -0.25) is 0 Å². The summed E-state index contributed by atoms with van der Waals surface area (Å²) in [5.41, 5.74) is 8.53. The number of nitrogens with two attached hydrogens (primary N) is 1. The molecule has 0 amide bonds. The minimum atomic E-state index is 0.611. The highest BCUT2D eigenvalue weighted by Gasteiger charge is 2.04. The van der Waals surface area contributed by atoms with E-state index in [2.05, 4.69) is 17.3 Å². The van der Waals surface area contributed by atoms with Crippen molar-refractivity contribution >= 4 is 17.0 Å². The zero-order valence-corrected chi connectivity index (χ0v) is 11.4. The number of ether oxygens (including phenoxy) is 1. The van der Waals surface area contributed by atoms with Gasteiger partial charge in [0.15, 0.2) is 0 Å². The molecule has 0 fully saturated rings. The monoisotopic (exact) mass is 262 g/mol. The summed E-state index contributed by atoms with van der Waals surface area (Å²) in [7, 11) is 0. The van der Waals surface area contributed by atoms with E-state index in [1.165, 1.54) is 0 Å². The molecule has 1 heterocycles. The predicted octanol–water partition coefficient (Wildman–Crippen LogP) is 3.71. The quantitative estimate of drug-likeness (QED) is 0.637. The molecule has 0 saturated carbocycles. The third kappa shape index (κ3) is 3.55. The largest absolute Gasteiger partial charge is 0.399 e. The molecule has 3 nitrogen and oxygen atoms in total. The van der Waals surface area contributed by atoms with E-state index in [1.807, 2.05) is 24.3 Å². The number of nitrogen functional groups attached to an aromatic ring is 1. The van der Waals surface area contributed by atoms with Crippen molar-refractivity contribution in [3.05, 3.63) is 34.7 Å². The number of nitrogens with zero attached hydrogens (tertiary/aromatic N) is 1. The molecule has 0 spiro atoms. The van der Waals surface area contributed by atoms with E-state index < -0.39 is 0 Å². The van der Waals surface area contributed by atoms with Crippen LogP contribution in [0.5, 0.6) is 0 Å². The molecule has 2 aromatic rings. The first-order valence-electron chi connectivity index (χ1n) is 6.17. The Bertz CT molecular complexity index is 479. The highest BCUT2D eigenvalue weighted by atomic mass is 32.1. The molecule has 0 saturated heterocycles. The molecule has 18 heavy (non-hydrogen) atoms. The first-order valence-corrected chi connectivity index (χ1v) is 7.05. The van der Waals surface area contributed by atoms with Gasteiger partial charge in [0.25, 0.3) is 0 Å². The highest BCUT2D eigenvalue weighted by molar-refractivity contribution is 7.09. The van der Waals surface area contributed by atoms with Crippen LogP contribution in [-0.4, -0.2) is 11.6 Å². The lowest BCUT2D eigenvalue weighted by molar-refractivity contribution is 0.118. The number of anilines is 1. The summed E-state index contributed by atoms with van der Waals surface area (Å²) >= 11 is 1.64. The lowest BCUT2D eigenvalue weighted by Crippen LogP contribution is -1.94. The fourth-order valence-corrected chi connectivity index (χ4v) is 2.31. The van der Waals surface area contributed by atoms with Gasteiger partial charge in [-0.15, -0.1) is 11.3 Å². The molecule has 0 aliphatic carbocycles. The molecule has 0 aliphatic heterocycles. The van der Waals surface area contributed by atoms with Gasteiger partial charge in [0.1, 0.15) is 5.01 Å². The van der Waals surface area contributed by atoms with Gasteiger partial charge >= 0.3 is 0 Å². The van der Waals surface area contributed by atoms with Crippen LogP contribution >= 0.6 is 11.3 Å². The number of aromatic nitrogens is 1. The molecule has 0 radical (unpaired) electrons. The summed E-state index contributed by atoms with van der Waals surface area (Å²) in [6.45, 7) is 3.58. The number of hydrogen-bond acceptors (Lipinski definition) is 4. The lowest BCUT2D eigenvalue weighted by Gasteiger charge is -1.99. The molecule has 0 aliphatic rings. The SMILES string of the molecule is CCCCOCc1nc(-c2ccc(N)cc2)cs1. The van der Waals surface area contributed by atoms with Crippen LogP contribution in [0.1, 0.15) is 24.8 Å². The fourth-order valence-electron chi connectivity index (χ4n) is 1.57. The molecular formula is C14H18N2OS. The molecule has 0 bridgehead atoms. The van der Waals surface area contributed by atoms with E-state index in [-0.39, 0.29) is 0 Å². The maximum absolute atomic E-state index is 5.67. The van der Waals surface area contributed by atoms with E-state index in [0.29, 0.717) is 6.61 Å². The van der Waals surface area contributed by atoms with Crippen molar-refractivity contribution in [3.8, 4) is 11.3 Å². The molecule has 1 aromatic carbocycles. The minimum absolute atomic E-state index is 0.611. The predicted molar refractivity (Wildman–Crippen MR) is 76.5 cm³/mol. The summed E-state index contributed by atoms with van der Waals surface area (Å²) in [6.07, 6.45) is 2.27. The van der Waals surface area contributed by atoms with Gasteiger partial charge in [-0.1, -0.05) is 25.5 Å². The number of rotatable bonds is 6. The van der Waals surface area contributed by atoms with Gasteiger partial charge in [0.2, 0.25) is 0 Å². The normalized spacial score (nSPS) is 10.7. The number of hydrogen-bond donors (Lipinski definition) is 1. The fraction of sp³-hybridized carbons (Fsp3) is 0.357. The van der Waals surface area contributed by atoms with Crippen molar-refractivity contribution in [2.75, 3.05) is 12.3 Å². The first kappa shape index (κ1) is 13.1. The Morgan fingerprint density at radius 3 is 2.78 bits per heavy atom. The molecule has 2 rings (SSSR count). The zero-order chi connectivity index (χ0) is 12.8. The van der Waals surface area contributed by atoms with E-state index in [0.717, 1.165) is 41.4 Å². The standard InChI is InChI=1S/C14H18N2OS/c1-2-3-8-17-9-14-16-13(10-18-14)11-4-6-12(15)7-5-11/h4-7,10H,2-3,8-9,15H2,1H3. The van der Waals surface area contributed by atoms with Crippen LogP contribution in [-0.2, 0) is 11.3 Å². The Labute approximate surface area is 112 Å². The maximum atomic E-state index is 5.67. The molecular weight excluding hydrogens is 244 g/mol. The second kappa shape index (κ2) is 6.52. The van der Waals surface area contributed by atoms with E-state index in [4.69, 9.17) is 10.5 Å². The van der Waals surface area contributed by atoms with Crippen molar-refractivity contribution in [1.29, 1.82) is 0 Å². The third-order valence-electron chi connectivity index (χ3n) is 2.63. The average Bonchev–Trinajstić information content (AvgIpc) is 2.84. The number of unbranched alkanes of at least 4 members (excludes halogenated alkanes) is 1. The molecule has 0 atom stereocenters. The number of thiazole rings is 1. The second-order valence-corrected chi connectivity index (χ2v) is 5.10. The maximum Gasteiger partial charge on any atom is 0.119 e. The zero-order valence-electron chi connectivity index (χ0n) is 10.6. The van der Waals surface area contributed by atoms with Crippen LogP contribution in [0, 0.1) is 0 Å². The first-order chi connectivity index (χ1) is 8.79. The van der Waals surface area contributed by atoms with Crippen molar-refractivity contribution in [3.63, 3.8) is 0 Å².